The number of nitrogens with zero attached hydrogens (tertiary/aromatic N) is 1. The minimum absolute atomic E-state index is 0.637. The SMILES string of the molecule is Cc1nc(Br)ccc1NCc1occc1Br. The molecular weight excluding hydrogens is 336 g/mol. The van der Waals surface area contributed by atoms with E-state index in [1.54, 1.807) is 6.26 Å². The second kappa shape index (κ2) is 5.01. The van der Waals surface area contributed by atoms with E-state index < -0.39 is 0 Å². The van der Waals surface area contributed by atoms with Crippen LogP contribution in [0.5, 0.6) is 0 Å². The number of aromatic nitrogens is 1. The summed E-state index contributed by atoms with van der Waals surface area (Å²) in [4.78, 5) is 4.31. The van der Waals surface area contributed by atoms with E-state index in [2.05, 4.69) is 42.2 Å². The molecule has 0 atom stereocenters. The van der Waals surface area contributed by atoms with Crippen molar-refractivity contribution in [1.29, 1.82) is 0 Å². The largest absolute Gasteiger partial charge is 0.466 e. The fourth-order valence-electron chi connectivity index (χ4n) is 1.34. The number of halogens is 2. The number of nitrogens with one attached hydrogen (secondary N) is 1. The van der Waals surface area contributed by atoms with E-state index in [4.69, 9.17) is 4.42 Å². The van der Waals surface area contributed by atoms with Crippen LogP contribution < -0.4 is 5.32 Å². The van der Waals surface area contributed by atoms with Gasteiger partial charge in [0.25, 0.3) is 0 Å². The molecule has 0 aliphatic carbocycles. The van der Waals surface area contributed by atoms with Crippen LogP contribution in [-0.2, 0) is 6.54 Å². The molecule has 0 aromatic carbocycles. The van der Waals surface area contributed by atoms with Crippen molar-refractivity contribution in [3.8, 4) is 0 Å². The summed E-state index contributed by atoms with van der Waals surface area (Å²) in [5.41, 5.74) is 1.96. The maximum absolute atomic E-state index is 5.31. The number of aryl methyl sites for hydroxylation is 1. The van der Waals surface area contributed by atoms with Crippen LogP contribution in [0.4, 0.5) is 5.69 Å². The molecule has 84 valence electrons. The Labute approximate surface area is 111 Å². The summed E-state index contributed by atoms with van der Waals surface area (Å²) < 4.78 is 7.13. The minimum Gasteiger partial charge on any atom is -0.466 e. The summed E-state index contributed by atoms with van der Waals surface area (Å²) in [5.74, 6) is 0.877. The van der Waals surface area contributed by atoms with Gasteiger partial charge in [-0.05, 0) is 57.0 Å². The molecule has 0 amide bonds. The Morgan fingerprint density at radius 3 is 2.75 bits per heavy atom. The molecule has 2 rings (SSSR count). The summed E-state index contributed by atoms with van der Waals surface area (Å²) in [6.45, 7) is 2.60. The number of hydrogen-bond donors (Lipinski definition) is 1. The zero-order chi connectivity index (χ0) is 11.5. The molecule has 0 fully saturated rings. The third kappa shape index (κ3) is 2.65. The molecule has 0 unspecified atom stereocenters. The maximum atomic E-state index is 5.31. The molecule has 0 saturated heterocycles. The Kier molecular flexibility index (Phi) is 3.66. The van der Waals surface area contributed by atoms with Crippen molar-refractivity contribution in [1.82, 2.24) is 4.98 Å². The zero-order valence-electron chi connectivity index (χ0n) is 8.63. The van der Waals surface area contributed by atoms with Gasteiger partial charge in [-0.25, -0.2) is 4.98 Å². The molecule has 1 N–H and O–H groups in total. The Morgan fingerprint density at radius 1 is 1.31 bits per heavy atom. The number of rotatable bonds is 3. The number of pyridine rings is 1. The minimum atomic E-state index is 0.637. The predicted octanol–water partition coefficient (Wildman–Crippen LogP) is 4.12. The Hall–Kier alpha value is -0.810. The van der Waals surface area contributed by atoms with Gasteiger partial charge >= 0.3 is 0 Å². The van der Waals surface area contributed by atoms with Crippen molar-refractivity contribution >= 4 is 37.5 Å². The Morgan fingerprint density at radius 2 is 2.12 bits per heavy atom. The molecule has 2 aromatic rings. The number of anilines is 1. The van der Waals surface area contributed by atoms with E-state index in [1.165, 1.54) is 0 Å². The second-order valence-corrected chi connectivity index (χ2v) is 4.98. The Bertz CT molecular complexity index is 496. The molecule has 16 heavy (non-hydrogen) atoms. The lowest BCUT2D eigenvalue weighted by Gasteiger charge is -2.07. The highest BCUT2D eigenvalue weighted by Crippen LogP contribution is 2.21. The maximum Gasteiger partial charge on any atom is 0.136 e. The fourth-order valence-corrected chi connectivity index (χ4v) is 2.08. The molecule has 5 heteroatoms. The Balaban J connectivity index is 2.08. The van der Waals surface area contributed by atoms with Gasteiger partial charge in [0.2, 0.25) is 0 Å². The molecule has 2 heterocycles. The molecule has 0 bridgehead atoms. The van der Waals surface area contributed by atoms with Crippen LogP contribution in [0.15, 0.2) is 38.0 Å². The lowest BCUT2D eigenvalue weighted by Crippen LogP contribution is -2.01. The van der Waals surface area contributed by atoms with Crippen molar-refractivity contribution in [2.75, 3.05) is 5.32 Å². The predicted molar refractivity (Wildman–Crippen MR) is 70.4 cm³/mol. The standard InChI is InChI=1S/C11H10Br2N2O/c1-7-9(2-3-11(13)15-7)14-6-10-8(12)4-5-16-10/h2-5,14H,6H2,1H3. The molecule has 0 aliphatic heterocycles. The van der Waals surface area contributed by atoms with E-state index in [0.29, 0.717) is 6.54 Å². The van der Waals surface area contributed by atoms with Crippen molar-refractivity contribution in [2.45, 2.75) is 13.5 Å². The lowest BCUT2D eigenvalue weighted by molar-refractivity contribution is 0.516. The van der Waals surface area contributed by atoms with Gasteiger partial charge in [0.1, 0.15) is 10.4 Å². The topological polar surface area (TPSA) is 38.1 Å². The van der Waals surface area contributed by atoms with Crippen LogP contribution in [0.25, 0.3) is 0 Å². The quantitative estimate of drug-likeness (QED) is 0.850. The van der Waals surface area contributed by atoms with Gasteiger partial charge < -0.3 is 9.73 Å². The molecule has 3 nitrogen and oxygen atoms in total. The van der Waals surface area contributed by atoms with E-state index in [9.17, 15) is 0 Å². The average molecular weight is 346 g/mol. The smallest absolute Gasteiger partial charge is 0.136 e. The van der Waals surface area contributed by atoms with Crippen LogP contribution >= 0.6 is 31.9 Å². The van der Waals surface area contributed by atoms with Gasteiger partial charge in [0.15, 0.2) is 0 Å². The summed E-state index contributed by atoms with van der Waals surface area (Å²) in [6, 6.07) is 5.78. The van der Waals surface area contributed by atoms with E-state index >= 15 is 0 Å². The van der Waals surface area contributed by atoms with Crippen molar-refractivity contribution in [3.05, 3.63) is 45.0 Å². The van der Waals surface area contributed by atoms with Gasteiger partial charge in [0.05, 0.1) is 28.7 Å². The van der Waals surface area contributed by atoms with Crippen molar-refractivity contribution < 1.29 is 4.42 Å². The van der Waals surface area contributed by atoms with E-state index in [0.717, 1.165) is 26.2 Å². The summed E-state index contributed by atoms with van der Waals surface area (Å²) >= 11 is 6.75. The highest BCUT2D eigenvalue weighted by Gasteiger charge is 2.04. The van der Waals surface area contributed by atoms with Crippen LogP contribution in [0, 0.1) is 6.92 Å². The molecular formula is C11H10Br2N2O. The zero-order valence-corrected chi connectivity index (χ0v) is 11.8. The third-order valence-corrected chi connectivity index (χ3v) is 3.33. The first-order chi connectivity index (χ1) is 7.66. The van der Waals surface area contributed by atoms with Crippen LogP contribution in [-0.4, -0.2) is 4.98 Å². The fraction of sp³-hybridized carbons (Fsp3) is 0.182. The number of hydrogen-bond acceptors (Lipinski definition) is 3. The van der Waals surface area contributed by atoms with Crippen LogP contribution in [0.1, 0.15) is 11.5 Å². The summed E-state index contributed by atoms with van der Waals surface area (Å²) in [6.07, 6.45) is 1.66. The molecule has 0 saturated carbocycles. The molecule has 0 spiro atoms. The monoisotopic (exact) mass is 344 g/mol. The molecule has 0 aliphatic rings. The summed E-state index contributed by atoms with van der Waals surface area (Å²) in [7, 11) is 0. The van der Waals surface area contributed by atoms with Gasteiger partial charge in [-0.3, -0.25) is 0 Å². The first kappa shape index (κ1) is 11.7. The van der Waals surface area contributed by atoms with Crippen molar-refractivity contribution in [3.63, 3.8) is 0 Å². The van der Waals surface area contributed by atoms with Gasteiger partial charge in [-0.2, -0.15) is 0 Å². The van der Waals surface area contributed by atoms with Gasteiger partial charge in [0, 0.05) is 0 Å². The summed E-state index contributed by atoms with van der Waals surface area (Å²) in [5, 5.41) is 3.28. The first-order valence-corrected chi connectivity index (χ1v) is 6.34. The highest BCUT2D eigenvalue weighted by molar-refractivity contribution is 9.10. The third-order valence-electron chi connectivity index (χ3n) is 2.18. The van der Waals surface area contributed by atoms with Gasteiger partial charge in [-0.1, -0.05) is 0 Å². The lowest BCUT2D eigenvalue weighted by atomic mass is 10.3. The number of furan rings is 1. The van der Waals surface area contributed by atoms with Crippen LogP contribution in [0.2, 0.25) is 0 Å². The molecule has 2 aromatic heterocycles. The average Bonchev–Trinajstić information content (AvgIpc) is 2.63. The van der Waals surface area contributed by atoms with E-state index in [-0.39, 0.29) is 0 Å². The van der Waals surface area contributed by atoms with Gasteiger partial charge in [-0.15, -0.1) is 0 Å². The van der Waals surface area contributed by atoms with E-state index in [1.807, 2.05) is 25.1 Å². The first-order valence-electron chi connectivity index (χ1n) is 4.75. The second-order valence-electron chi connectivity index (χ2n) is 3.31. The highest BCUT2D eigenvalue weighted by atomic mass is 79.9. The normalized spacial score (nSPS) is 10.4. The van der Waals surface area contributed by atoms with Crippen LogP contribution in [0.3, 0.4) is 0 Å². The molecule has 0 radical (unpaired) electrons. The van der Waals surface area contributed by atoms with Crippen molar-refractivity contribution in [2.24, 2.45) is 0 Å².